The number of benzene rings is 2. The fourth-order valence-corrected chi connectivity index (χ4v) is 4.39. The summed E-state index contributed by atoms with van der Waals surface area (Å²) < 4.78 is 19.5. The van der Waals surface area contributed by atoms with Crippen molar-refractivity contribution in [1.82, 2.24) is 9.80 Å². The monoisotopic (exact) mass is 442 g/mol. The van der Waals surface area contributed by atoms with Gasteiger partial charge in [0.15, 0.2) is 5.43 Å². The molecule has 1 aromatic heterocycles. The van der Waals surface area contributed by atoms with E-state index >= 15 is 0 Å². The Kier molecular flexibility index (Phi) is 6.12. The first-order valence-electron chi connectivity index (χ1n) is 10.5. The molecular weight excluding hydrogens is 419 g/mol. The number of carbonyl (C=O) groups is 1. The molecule has 0 aliphatic carbocycles. The number of carbonyl (C=O) groups excluding carboxylic acids is 1. The van der Waals surface area contributed by atoms with Gasteiger partial charge in [-0.25, -0.2) is 4.39 Å². The molecule has 0 spiro atoms. The summed E-state index contributed by atoms with van der Waals surface area (Å²) in [6.45, 7) is 7.35. The number of fused-ring (bicyclic) bond motifs is 2. The summed E-state index contributed by atoms with van der Waals surface area (Å²) in [4.78, 5) is 30.7. The molecule has 5 nitrogen and oxygen atoms in total. The number of nitrogens with zero attached hydrogens (tertiary/aromatic N) is 2. The van der Waals surface area contributed by atoms with Crippen molar-refractivity contribution in [2.24, 2.45) is 0 Å². The predicted octanol–water partition coefficient (Wildman–Crippen LogP) is 4.86. The van der Waals surface area contributed by atoms with Crippen molar-refractivity contribution >= 4 is 28.5 Å². The van der Waals surface area contributed by atoms with Crippen LogP contribution in [0.25, 0.3) is 11.0 Å². The quantitative estimate of drug-likeness (QED) is 0.524. The maximum atomic E-state index is 13.6. The van der Waals surface area contributed by atoms with E-state index in [9.17, 15) is 14.0 Å². The number of amides is 1. The Labute approximate surface area is 185 Å². The highest BCUT2D eigenvalue weighted by atomic mass is 35.5. The zero-order chi connectivity index (χ0) is 22.1. The predicted molar refractivity (Wildman–Crippen MR) is 119 cm³/mol. The molecule has 2 aromatic carbocycles. The topological polar surface area (TPSA) is 53.8 Å². The summed E-state index contributed by atoms with van der Waals surface area (Å²) in [5, 5.41) is 0.745. The van der Waals surface area contributed by atoms with Crippen molar-refractivity contribution in [3.05, 3.63) is 80.4 Å². The first-order valence-corrected chi connectivity index (χ1v) is 10.9. The van der Waals surface area contributed by atoms with E-state index in [-0.39, 0.29) is 28.5 Å². The van der Waals surface area contributed by atoms with Gasteiger partial charge in [0.1, 0.15) is 11.4 Å². The molecule has 0 unspecified atom stereocenters. The van der Waals surface area contributed by atoms with Gasteiger partial charge in [-0.05, 0) is 62.0 Å². The Bertz CT molecular complexity index is 1170. The molecule has 4 rings (SSSR count). The highest BCUT2D eigenvalue weighted by molar-refractivity contribution is 6.31. The molecule has 1 aliphatic rings. The molecule has 7 heteroatoms. The van der Waals surface area contributed by atoms with Gasteiger partial charge in [0.2, 0.25) is 5.76 Å². The van der Waals surface area contributed by atoms with E-state index in [0.717, 1.165) is 26.1 Å². The molecule has 0 saturated carbocycles. The molecule has 1 amide bonds. The summed E-state index contributed by atoms with van der Waals surface area (Å²) in [5.74, 6) is -0.645. The maximum absolute atomic E-state index is 13.6. The molecule has 0 saturated heterocycles. The van der Waals surface area contributed by atoms with Crippen molar-refractivity contribution in [2.45, 2.75) is 26.3 Å². The third-order valence-corrected chi connectivity index (χ3v) is 6.12. The Morgan fingerprint density at radius 2 is 1.81 bits per heavy atom. The number of rotatable bonds is 7. The van der Waals surface area contributed by atoms with Gasteiger partial charge in [-0.3, -0.25) is 9.59 Å². The number of hydrogen-bond donors (Lipinski definition) is 0. The molecule has 0 fully saturated rings. The van der Waals surface area contributed by atoms with Crippen molar-refractivity contribution in [3.8, 4) is 0 Å². The van der Waals surface area contributed by atoms with Gasteiger partial charge in [-0.15, -0.1) is 0 Å². The molecule has 1 atom stereocenters. The Morgan fingerprint density at radius 1 is 1.10 bits per heavy atom. The molecule has 2 heterocycles. The standard InChI is InChI=1S/C24H24ClFN2O3/c1-3-27(4-2)12-5-13-28-21(15-6-9-17(26)10-7-15)20-22(29)18-14-16(25)8-11-19(18)31-23(20)24(28)30/h6-11,14,21H,3-5,12-13H2,1-2H3/t21-/m0/s1. The molecule has 1 aliphatic heterocycles. The van der Waals surface area contributed by atoms with E-state index in [2.05, 4.69) is 18.7 Å². The Balaban J connectivity index is 1.80. The van der Waals surface area contributed by atoms with Gasteiger partial charge >= 0.3 is 0 Å². The lowest BCUT2D eigenvalue weighted by molar-refractivity contribution is 0.0720. The van der Waals surface area contributed by atoms with Crippen LogP contribution in [-0.2, 0) is 0 Å². The second-order valence-electron chi connectivity index (χ2n) is 7.65. The third-order valence-electron chi connectivity index (χ3n) is 5.88. The van der Waals surface area contributed by atoms with Crippen molar-refractivity contribution in [1.29, 1.82) is 0 Å². The second-order valence-corrected chi connectivity index (χ2v) is 8.08. The zero-order valence-corrected chi connectivity index (χ0v) is 18.3. The van der Waals surface area contributed by atoms with Gasteiger partial charge in [0, 0.05) is 11.6 Å². The van der Waals surface area contributed by atoms with Crippen LogP contribution in [0.1, 0.15) is 48.0 Å². The van der Waals surface area contributed by atoms with E-state index in [1.807, 2.05) is 0 Å². The van der Waals surface area contributed by atoms with Crippen LogP contribution in [0.5, 0.6) is 0 Å². The van der Waals surface area contributed by atoms with Crippen LogP contribution in [0.3, 0.4) is 0 Å². The van der Waals surface area contributed by atoms with Gasteiger partial charge in [0.25, 0.3) is 5.91 Å². The summed E-state index contributed by atoms with van der Waals surface area (Å²) in [7, 11) is 0. The van der Waals surface area contributed by atoms with E-state index in [4.69, 9.17) is 16.0 Å². The second kappa shape index (κ2) is 8.81. The van der Waals surface area contributed by atoms with Crippen LogP contribution in [-0.4, -0.2) is 41.9 Å². The Morgan fingerprint density at radius 3 is 2.48 bits per heavy atom. The van der Waals surface area contributed by atoms with E-state index < -0.39 is 6.04 Å². The number of halogens is 2. The normalized spacial score (nSPS) is 15.8. The van der Waals surface area contributed by atoms with Crippen LogP contribution in [0.4, 0.5) is 4.39 Å². The highest BCUT2D eigenvalue weighted by Gasteiger charge is 2.42. The van der Waals surface area contributed by atoms with Crippen molar-refractivity contribution < 1.29 is 13.6 Å². The maximum Gasteiger partial charge on any atom is 0.290 e. The van der Waals surface area contributed by atoms with Gasteiger partial charge in [-0.1, -0.05) is 37.6 Å². The molecular formula is C24H24ClFN2O3. The van der Waals surface area contributed by atoms with Crippen molar-refractivity contribution in [3.63, 3.8) is 0 Å². The fraction of sp³-hybridized carbons (Fsp3) is 0.333. The summed E-state index contributed by atoms with van der Waals surface area (Å²) in [6, 6.07) is 10.1. The lowest BCUT2D eigenvalue weighted by Crippen LogP contribution is -2.33. The Hall–Kier alpha value is -2.70. The largest absolute Gasteiger partial charge is 0.450 e. The molecule has 31 heavy (non-hydrogen) atoms. The van der Waals surface area contributed by atoms with E-state index in [1.54, 1.807) is 35.2 Å². The summed E-state index contributed by atoms with van der Waals surface area (Å²) in [5.41, 5.74) is 0.997. The molecule has 0 bridgehead atoms. The molecule has 3 aromatic rings. The number of hydrogen-bond acceptors (Lipinski definition) is 4. The third kappa shape index (κ3) is 3.98. The first-order chi connectivity index (χ1) is 14.9. The summed E-state index contributed by atoms with van der Waals surface area (Å²) >= 11 is 6.09. The van der Waals surface area contributed by atoms with Crippen molar-refractivity contribution in [2.75, 3.05) is 26.2 Å². The molecule has 162 valence electrons. The highest BCUT2D eigenvalue weighted by Crippen LogP contribution is 2.38. The van der Waals surface area contributed by atoms with Crippen LogP contribution in [0.2, 0.25) is 5.02 Å². The SMILES string of the molecule is CCN(CC)CCCN1C(=O)c2oc3ccc(Cl)cc3c(=O)c2[C@@H]1c1ccc(F)cc1. The smallest absolute Gasteiger partial charge is 0.290 e. The summed E-state index contributed by atoms with van der Waals surface area (Å²) in [6.07, 6.45) is 0.749. The minimum atomic E-state index is -0.626. The average Bonchev–Trinajstić information content (AvgIpc) is 3.04. The van der Waals surface area contributed by atoms with Crippen LogP contribution < -0.4 is 5.43 Å². The minimum Gasteiger partial charge on any atom is -0.450 e. The minimum absolute atomic E-state index is 0.0528. The lowest BCUT2D eigenvalue weighted by Gasteiger charge is -2.26. The van der Waals surface area contributed by atoms with Crippen LogP contribution >= 0.6 is 11.6 Å². The van der Waals surface area contributed by atoms with Gasteiger partial charge < -0.3 is 14.2 Å². The van der Waals surface area contributed by atoms with Crippen LogP contribution in [0, 0.1) is 5.82 Å². The fourth-order valence-electron chi connectivity index (χ4n) is 4.22. The van der Waals surface area contributed by atoms with E-state index in [1.165, 1.54) is 12.1 Å². The van der Waals surface area contributed by atoms with Crippen LogP contribution in [0.15, 0.2) is 51.7 Å². The zero-order valence-electron chi connectivity index (χ0n) is 17.5. The van der Waals surface area contributed by atoms with Gasteiger partial charge in [0.05, 0.1) is 17.0 Å². The molecule has 0 radical (unpaired) electrons. The average molecular weight is 443 g/mol. The lowest BCUT2D eigenvalue weighted by atomic mass is 9.98. The van der Waals surface area contributed by atoms with E-state index in [0.29, 0.717) is 28.1 Å². The van der Waals surface area contributed by atoms with Gasteiger partial charge in [-0.2, -0.15) is 0 Å². The molecule has 0 N–H and O–H groups in total. The first kappa shape index (κ1) is 21.5.